The number of carbonyl (C=O) groups is 2. The standard InChI is InChI=1S/C7H3F3O3/c8-7(9,10)6-4(2-11)1-5(3-12)13-6/h1-3H. The third-order valence-electron chi connectivity index (χ3n) is 1.28. The highest BCUT2D eigenvalue weighted by Gasteiger charge is 2.38. The van der Waals surface area contributed by atoms with Crippen molar-refractivity contribution in [2.75, 3.05) is 0 Å². The first-order chi connectivity index (χ1) is 5.99. The number of alkyl halides is 3. The normalized spacial score (nSPS) is 11.3. The molecule has 0 saturated heterocycles. The summed E-state index contributed by atoms with van der Waals surface area (Å²) in [7, 11) is 0. The van der Waals surface area contributed by atoms with E-state index in [0.717, 1.165) is 6.07 Å². The molecule has 70 valence electrons. The predicted molar refractivity (Wildman–Crippen MR) is 34.5 cm³/mol. The van der Waals surface area contributed by atoms with E-state index < -0.39 is 23.3 Å². The lowest BCUT2D eigenvalue weighted by Crippen LogP contribution is -2.05. The Morgan fingerprint density at radius 2 is 1.85 bits per heavy atom. The molecule has 1 aromatic rings. The minimum atomic E-state index is -4.75. The number of carbonyl (C=O) groups excluding carboxylic acids is 2. The summed E-state index contributed by atoms with van der Waals surface area (Å²) in [6.07, 6.45) is -4.67. The van der Waals surface area contributed by atoms with Gasteiger partial charge >= 0.3 is 6.18 Å². The molecule has 0 bridgehead atoms. The number of aldehydes is 2. The average Bonchev–Trinajstić information content (AvgIpc) is 2.46. The van der Waals surface area contributed by atoms with E-state index in [1.165, 1.54) is 0 Å². The molecule has 0 aliphatic carbocycles. The number of hydrogen-bond acceptors (Lipinski definition) is 3. The number of rotatable bonds is 2. The van der Waals surface area contributed by atoms with Crippen LogP contribution in [0.4, 0.5) is 13.2 Å². The van der Waals surface area contributed by atoms with E-state index in [4.69, 9.17) is 0 Å². The van der Waals surface area contributed by atoms with Crippen LogP contribution in [-0.2, 0) is 6.18 Å². The molecule has 0 amide bonds. The van der Waals surface area contributed by atoms with Crippen molar-refractivity contribution >= 4 is 12.6 Å². The summed E-state index contributed by atoms with van der Waals surface area (Å²) in [6.45, 7) is 0. The highest BCUT2D eigenvalue weighted by atomic mass is 19.4. The number of hydrogen-bond donors (Lipinski definition) is 0. The van der Waals surface area contributed by atoms with Gasteiger partial charge in [0.1, 0.15) is 0 Å². The lowest BCUT2D eigenvalue weighted by atomic mass is 10.2. The Morgan fingerprint density at radius 3 is 2.15 bits per heavy atom. The van der Waals surface area contributed by atoms with Crippen molar-refractivity contribution in [1.29, 1.82) is 0 Å². The van der Waals surface area contributed by atoms with Gasteiger partial charge in [0, 0.05) is 0 Å². The molecule has 1 aromatic heterocycles. The molecule has 1 heterocycles. The van der Waals surface area contributed by atoms with Gasteiger partial charge in [-0.2, -0.15) is 13.2 Å². The maximum atomic E-state index is 12.0. The molecule has 6 heteroatoms. The zero-order valence-electron chi connectivity index (χ0n) is 6.09. The van der Waals surface area contributed by atoms with Gasteiger partial charge in [-0.3, -0.25) is 9.59 Å². The minimum Gasteiger partial charge on any atom is -0.448 e. The summed E-state index contributed by atoms with van der Waals surface area (Å²) in [6, 6.07) is 0.739. The molecule has 3 nitrogen and oxygen atoms in total. The van der Waals surface area contributed by atoms with Crippen LogP contribution in [0.15, 0.2) is 10.5 Å². The van der Waals surface area contributed by atoms with E-state index in [2.05, 4.69) is 4.42 Å². The summed E-state index contributed by atoms with van der Waals surface area (Å²) < 4.78 is 40.1. The van der Waals surface area contributed by atoms with Gasteiger partial charge in [0.25, 0.3) is 0 Å². The topological polar surface area (TPSA) is 47.3 Å². The van der Waals surface area contributed by atoms with Crippen molar-refractivity contribution in [3.8, 4) is 0 Å². The molecule has 13 heavy (non-hydrogen) atoms. The monoisotopic (exact) mass is 192 g/mol. The zero-order valence-corrected chi connectivity index (χ0v) is 6.09. The Bertz CT molecular complexity index is 337. The first-order valence-corrected chi connectivity index (χ1v) is 3.10. The lowest BCUT2D eigenvalue weighted by Gasteiger charge is -2.01. The Morgan fingerprint density at radius 1 is 1.23 bits per heavy atom. The van der Waals surface area contributed by atoms with Crippen molar-refractivity contribution in [1.82, 2.24) is 0 Å². The van der Waals surface area contributed by atoms with Crippen LogP contribution >= 0.6 is 0 Å². The van der Waals surface area contributed by atoms with Crippen LogP contribution < -0.4 is 0 Å². The van der Waals surface area contributed by atoms with Gasteiger partial charge in [-0.25, -0.2) is 0 Å². The quantitative estimate of drug-likeness (QED) is 0.672. The second-order valence-electron chi connectivity index (χ2n) is 2.17. The van der Waals surface area contributed by atoms with E-state index in [9.17, 15) is 22.8 Å². The Kier molecular flexibility index (Phi) is 2.22. The van der Waals surface area contributed by atoms with Crippen molar-refractivity contribution < 1.29 is 27.2 Å². The molecule has 1 rings (SSSR count). The van der Waals surface area contributed by atoms with Crippen LogP contribution in [0.5, 0.6) is 0 Å². The third-order valence-corrected chi connectivity index (χ3v) is 1.28. The van der Waals surface area contributed by atoms with Crippen molar-refractivity contribution in [3.63, 3.8) is 0 Å². The van der Waals surface area contributed by atoms with E-state index in [1.807, 2.05) is 0 Å². The van der Waals surface area contributed by atoms with E-state index in [-0.39, 0.29) is 12.6 Å². The molecule has 0 aliphatic rings. The van der Waals surface area contributed by atoms with Gasteiger partial charge in [0.15, 0.2) is 18.3 Å². The minimum absolute atomic E-state index is 0.0146. The van der Waals surface area contributed by atoms with E-state index in [0.29, 0.717) is 0 Å². The smallest absolute Gasteiger partial charge is 0.448 e. The van der Waals surface area contributed by atoms with Crippen LogP contribution in [-0.4, -0.2) is 12.6 Å². The van der Waals surface area contributed by atoms with Gasteiger partial charge in [-0.1, -0.05) is 0 Å². The molecule has 0 aliphatic heterocycles. The first kappa shape index (κ1) is 9.50. The SMILES string of the molecule is O=Cc1cc(C=O)c(C(F)(F)F)o1. The van der Waals surface area contributed by atoms with E-state index >= 15 is 0 Å². The molecule has 0 N–H and O–H groups in total. The Hall–Kier alpha value is -1.59. The van der Waals surface area contributed by atoms with Gasteiger partial charge in [0.2, 0.25) is 5.76 Å². The largest absolute Gasteiger partial charge is 0.450 e. The fourth-order valence-electron chi connectivity index (χ4n) is 0.792. The third kappa shape index (κ3) is 1.77. The summed E-state index contributed by atoms with van der Waals surface area (Å²) >= 11 is 0. The van der Waals surface area contributed by atoms with E-state index in [1.54, 1.807) is 0 Å². The predicted octanol–water partition coefficient (Wildman–Crippen LogP) is 1.92. The van der Waals surface area contributed by atoms with Crippen LogP contribution in [0.3, 0.4) is 0 Å². The van der Waals surface area contributed by atoms with Crippen molar-refractivity contribution in [2.45, 2.75) is 6.18 Å². The molecular weight excluding hydrogens is 189 g/mol. The Balaban J connectivity index is 3.26. The maximum absolute atomic E-state index is 12.0. The number of furan rings is 1. The Labute approximate surface area is 70.1 Å². The van der Waals surface area contributed by atoms with Gasteiger partial charge in [-0.05, 0) is 6.07 Å². The fraction of sp³-hybridized carbons (Fsp3) is 0.143. The molecule has 0 unspecified atom stereocenters. The maximum Gasteiger partial charge on any atom is 0.450 e. The molecule has 0 aromatic carbocycles. The summed E-state index contributed by atoms with van der Waals surface area (Å²) in [5, 5.41) is 0. The molecule has 0 radical (unpaired) electrons. The molecular formula is C7H3F3O3. The highest BCUT2D eigenvalue weighted by molar-refractivity contribution is 5.81. The van der Waals surface area contributed by atoms with Crippen LogP contribution in [0.25, 0.3) is 0 Å². The first-order valence-electron chi connectivity index (χ1n) is 3.10. The number of halogens is 3. The zero-order chi connectivity index (χ0) is 10.1. The van der Waals surface area contributed by atoms with Crippen LogP contribution in [0.1, 0.15) is 26.7 Å². The second kappa shape index (κ2) is 3.04. The second-order valence-corrected chi connectivity index (χ2v) is 2.17. The fourth-order valence-corrected chi connectivity index (χ4v) is 0.792. The highest BCUT2D eigenvalue weighted by Crippen LogP contribution is 2.32. The summed E-state index contributed by atoms with van der Waals surface area (Å²) in [4.78, 5) is 20.2. The summed E-state index contributed by atoms with van der Waals surface area (Å²) in [5.74, 6) is -1.96. The van der Waals surface area contributed by atoms with Gasteiger partial charge in [-0.15, -0.1) is 0 Å². The average molecular weight is 192 g/mol. The van der Waals surface area contributed by atoms with Gasteiger partial charge in [0.05, 0.1) is 5.56 Å². The van der Waals surface area contributed by atoms with Crippen molar-refractivity contribution in [2.24, 2.45) is 0 Å². The molecule has 0 spiro atoms. The molecule has 0 fully saturated rings. The van der Waals surface area contributed by atoms with Crippen molar-refractivity contribution in [3.05, 3.63) is 23.2 Å². The lowest BCUT2D eigenvalue weighted by molar-refractivity contribution is -0.153. The summed E-state index contributed by atoms with van der Waals surface area (Å²) in [5.41, 5.74) is -0.672. The molecule has 0 saturated carbocycles. The van der Waals surface area contributed by atoms with Crippen LogP contribution in [0, 0.1) is 0 Å². The van der Waals surface area contributed by atoms with Gasteiger partial charge < -0.3 is 4.42 Å². The van der Waals surface area contributed by atoms with Crippen LogP contribution in [0.2, 0.25) is 0 Å². The molecule has 0 atom stereocenters.